The monoisotopic (exact) mass is 239 g/mol. The molecule has 1 fully saturated rings. The second-order valence-electron chi connectivity index (χ2n) is 2.22. The smallest absolute Gasteiger partial charge is 0.325 e. The van der Waals surface area contributed by atoms with Crippen molar-refractivity contribution in [3.63, 3.8) is 0 Å². The molecule has 3 amide bonds. The molecule has 4 N–H and O–H groups in total. The Balaban J connectivity index is 2.81. The number of amides is 3. The van der Waals surface area contributed by atoms with E-state index in [9.17, 15) is 22.8 Å². The largest absolute Gasteiger partial charge is 0.351 e. The van der Waals surface area contributed by atoms with Crippen molar-refractivity contribution in [3.8, 4) is 0 Å². The minimum absolute atomic E-state index is 0.265. The molecule has 0 aromatic heterocycles. The second-order valence-corrected chi connectivity index (χ2v) is 5.36. The molecule has 10 heteroatoms. The van der Waals surface area contributed by atoms with E-state index in [1.54, 1.807) is 0 Å². The van der Waals surface area contributed by atoms with E-state index in [4.69, 9.17) is 0 Å². The van der Waals surface area contributed by atoms with Crippen molar-refractivity contribution in [1.82, 2.24) is 10.0 Å². The van der Waals surface area contributed by atoms with Gasteiger partial charge in [-0.25, -0.2) is 17.9 Å². The van der Waals surface area contributed by atoms with E-state index >= 15 is 0 Å². The molecule has 0 saturated carbocycles. The van der Waals surface area contributed by atoms with Crippen molar-refractivity contribution < 1.29 is 22.8 Å². The van der Waals surface area contributed by atoms with Crippen molar-refractivity contribution in [3.05, 3.63) is 0 Å². The van der Waals surface area contributed by atoms with Crippen LogP contribution in [0, 0.1) is 0 Å². The van der Waals surface area contributed by atoms with E-state index in [0.717, 1.165) is 0 Å². The highest BCUT2D eigenvalue weighted by atomic mass is 32.3. The van der Waals surface area contributed by atoms with Crippen molar-refractivity contribution >= 4 is 38.8 Å². The van der Waals surface area contributed by atoms with E-state index in [1.807, 2.05) is 5.32 Å². The fraction of sp³-hybridized carbons (Fsp3) is 0.250. The van der Waals surface area contributed by atoms with Gasteiger partial charge in [0.25, 0.3) is 21.0 Å². The number of hydrogen-bond acceptors (Lipinski definition) is 6. The predicted octanol–water partition coefficient (Wildman–Crippen LogP) is -2.34. The number of sulfonamides is 1. The third-order valence-electron chi connectivity index (χ3n) is 1.17. The number of carbonyl (C=O) groups excluding carboxylic acids is 3. The topological polar surface area (TPSA) is 135 Å². The lowest BCUT2D eigenvalue weighted by molar-refractivity contribution is -0.132. The number of urea groups is 1. The van der Waals surface area contributed by atoms with E-state index in [0.29, 0.717) is 0 Å². The predicted molar refractivity (Wildman–Crippen MR) is 46.2 cm³/mol. The number of primary amides is 1. The fourth-order valence-corrected chi connectivity index (χ4v) is 2.77. The van der Waals surface area contributed by atoms with Crippen LogP contribution in [0.25, 0.3) is 0 Å². The average molecular weight is 239 g/mol. The number of hydrogen-bond donors (Lipinski definition) is 3. The quantitative estimate of drug-likeness (QED) is 0.462. The van der Waals surface area contributed by atoms with Crippen molar-refractivity contribution in [2.24, 2.45) is 5.73 Å². The van der Waals surface area contributed by atoms with Gasteiger partial charge in [-0.3, -0.25) is 9.59 Å². The SMILES string of the molecule is NC(=O)NS(=O)(=O)C1NC(=O)C(=O)S1. The Kier molecular flexibility index (Phi) is 2.66. The third-order valence-corrected chi connectivity index (χ3v) is 4.12. The molecule has 0 spiro atoms. The lowest BCUT2D eigenvalue weighted by atomic mass is 10.7. The maximum Gasteiger partial charge on any atom is 0.325 e. The highest BCUT2D eigenvalue weighted by molar-refractivity contribution is 8.24. The Hall–Kier alpha value is -1.29. The molecule has 0 aromatic carbocycles. The molecule has 0 aliphatic carbocycles. The van der Waals surface area contributed by atoms with Crippen LogP contribution in [0.1, 0.15) is 0 Å². The zero-order valence-electron chi connectivity index (χ0n) is 6.51. The zero-order valence-corrected chi connectivity index (χ0v) is 8.15. The van der Waals surface area contributed by atoms with Crippen LogP contribution in [-0.4, -0.2) is 30.2 Å². The Bertz CT molecular complexity index is 385. The van der Waals surface area contributed by atoms with Crippen LogP contribution in [-0.2, 0) is 19.6 Å². The Morgan fingerprint density at radius 2 is 2.07 bits per heavy atom. The molecule has 1 saturated heterocycles. The summed E-state index contributed by atoms with van der Waals surface area (Å²) in [4.78, 5) is 31.5. The first-order chi connectivity index (χ1) is 6.33. The standard InChI is InChI=1S/C4H5N3O5S2/c5-3(10)7-14(11,12)4-6-1(8)2(9)13-4/h4H,(H,6,8)(H3,5,7,10). The summed E-state index contributed by atoms with van der Waals surface area (Å²) in [5, 5.41) is 0.939. The summed E-state index contributed by atoms with van der Waals surface area (Å²) < 4.78 is 22.2. The van der Waals surface area contributed by atoms with Crippen LogP contribution in [0.4, 0.5) is 4.79 Å². The van der Waals surface area contributed by atoms with Crippen LogP contribution >= 0.6 is 11.8 Å². The van der Waals surface area contributed by atoms with Gasteiger partial charge in [-0.15, -0.1) is 0 Å². The average Bonchev–Trinajstić information content (AvgIpc) is 2.30. The van der Waals surface area contributed by atoms with Gasteiger partial charge < -0.3 is 11.1 Å². The maximum absolute atomic E-state index is 11.1. The Morgan fingerprint density at radius 3 is 2.43 bits per heavy atom. The zero-order chi connectivity index (χ0) is 10.9. The lowest BCUT2D eigenvalue weighted by Crippen LogP contribution is -2.44. The summed E-state index contributed by atoms with van der Waals surface area (Å²) in [6.07, 6.45) is 0. The highest BCUT2D eigenvalue weighted by Crippen LogP contribution is 2.20. The van der Waals surface area contributed by atoms with Gasteiger partial charge in [0.2, 0.25) is 4.71 Å². The molecule has 1 aliphatic heterocycles. The molecule has 0 bridgehead atoms. The lowest BCUT2D eigenvalue weighted by Gasteiger charge is -2.08. The summed E-state index contributed by atoms with van der Waals surface area (Å²) in [7, 11) is -4.14. The first-order valence-corrected chi connectivity index (χ1v) is 5.58. The summed E-state index contributed by atoms with van der Waals surface area (Å²) in [6, 6.07) is -1.28. The van der Waals surface area contributed by atoms with Gasteiger partial charge in [-0.05, 0) is 11.8 Å². The molecule has 8 nitrogen and oxygen atoms in total. The Morgan fingerprint density at radius 1 is 1.50 bits per heavy atom. The van der Waals surface area contributed by atoms with Crippen molar-refractivity contribution in [1.29, 1.82) is 0 Å². The van der Waals surface area contributed by atoms with Gasteiger partial charge >= 0.3 is 6.03 Å². The normalized spacial score (nSPS) is 21.9. The molecular formula is C4H5N3O5S2. The summed E-state index contributed by atoms with van der Waals surface area (Å²) >= 11 is 0.265. The summed E-state index contributed by atoms with van der Waals surface area (Å²) in [6.45, 7) is 0. The third kappa shape index (κ3) is 2.14. The highest BCUT2D eigenvalue weighted by Gasteiger charge is 2.40. The van der Waals surface area contributed by atoms with Crippen LogP contribution in [0.15, 0.2) is 0 Å². The van der Waals surface area contributed by atoms with Gasteiger partial charge in [-0.1, -0.05) is 0 Å². The molecule has 1 aliphatic rings. The molecular weight excluding hydrogens is 234 g/mol. The fourth-order valence-electron chi connectivity index (χ4n) is 0.681. The molecule has 1 atom stereocenters. The van der Waals surface area contributed by atoms with Gasteiger partial charge in [0, 0.05) is 0 Å². The molecule has 1 heterocycles. The molecule has 14 heavy (non-hydrogen) atoms. The van der Waals surface area contributed by atoms with Crippen LogP contribution in [0.2, 0.25) is 0 Å². The summed E-state index contributed by atoms with van der Waals surface area (Å²) in [5.74, 6) is -1.02. The van der Waals surface area contributed by atoms with Gasteiger partial charge in [0.15, 0.2) is 0 Å². The molecule has 0 radical (unpaired) electrons. The van der Waals surface area contributed by atoms with Crippen LogP contribution < -0.4 is 15.8 Å². The van der Waals surface area contributed by atoms with Crippen LogP contribution in [0.5, 0.6) is 0 Å². The Labute approximate surface area is 82.6 Å². The second kappa shape index (κ2) is 3.46. The van der Waals surface area contributed by atoms with E-state index < -0.39 is 31.8 Å². The maximum atomic E-state index is 11.1. The number of thioether (sulfide) groups is 1. The minimum atomic E-state index is -4.14. The van der Waals surface area contributed by atoms with E-state index in [2.05, 4.69) is 5.73 Å². The first-order valence-electron chi connectivity index (χ1n) is 3.15. The molecule has 1 unspecified atom stereocenters. The van der Waals surface area contributed by atoms with Crippen molar-refractivity contribution in [2.45, 2.75) is 4.71 Å². The number of rotatable bonds is 2. The van der Waals surface area contributed by atoms with Crippen molar-refractivity contribution in [2.75, 3.05) is 0 Å². The number of carbonyl (C=O) groups is 3. The van der Waals surface area contributed by atoms with Crippen LogP contribution in [0.3, 0.4) is 0 Å². The molecule has 0 aromatic rings. The molecule has 1 rings (SSSR count). The van der Waals surface area contributed by atoms with E-state index in [-0.39, 0.29) is 11.8 Å². The number of nitrogens with one attached hydrogen (secondary N) is 2. The summed E-state index contributed by atoms with van der Waals surface area (Å²) in [5.41, 5.74) is 4.58. The molecule has 78 valence electrons. The first kappa shape index (κ1) is 10.8. The van der Waals surface area contributed by atoms with Gasteiger partial charge in [-0.2, -0.15) is 0 Å². The van der Waals surface area contributed by atoms with E-state index in [1.165, 1.54) is 4.72 Å². The van der Waals surface area contributed by atoms with Gasteiger partial charge in [0.05, 0.1) is 0 Å². The number of nitrogens with two attached hydrogens (primary N) is 1. The van der Waals surface area contributed by atoms with Gasteiger partial charge in [0.1, 0.15) is 0 Å². The minimum Gasteiger partial charge on any atom is -0.351 e.